The van der Waals surface area contributed by atoms with Crippen molar-refractivity contribution in [3.8, 4) is 67.6 Å². The molecular formula is C115H105BN6. The fraction of sp³-hybridized carbons (Fsp3) is 0.209. The molecule has 0 bridgehead atoms. The Morgan fingerprint density at radius 2 is 0.648 bits per heavy atom. The molecule has 0 unspecified atom stereocenters. The summed E-state index contributed by atoms with van der Waals surface area (Å²) in [4.78, 5) is 4.95. The fourth-order valence-electron chi connectivity index (χ4n) is 19.3. The van der Waals surface area contributed by atoms with Crippen LogP contribution >= 0.6 is 0 Å². The Morgan fingerprint density at radius 1 is 0.262 bits per heavy atom. The lowest BCUT2D eigenvalue weighted by Gasteiger charge is -2.45. The Balaban J connectivity index is 0.988. The first-order valence-electron chi connectivity index (χ1n) is 45.6. The molecule has 2 aliphatic heterocycles. The molecular weight excluding hydrogens is 1480 g/mol. The van der Waals surface area contributed by atoms with Crippen molar-refractivity contribution < 1.29 is 6.85 Å². The van der Waals surface area contributed by atoms with Crippen LogP contribution in [0.25, 0.3) is 127 Å². The van der Waals surface area contributed by atoms with Crippen LogP contribution < -0.4 is 26.2 Å². The van der Waals surface area contributed by atoms with E-state index in [0.29, 0.717) is 22.4 Å². The van der Waals surface area contributed by atoms with Crippen LogP contribution in [-0.4, -0.2) is 20.4 Å². The number of nitrogens with zero attached hydrogens (tertiary/aromatic N) is 6. The second-order valence-corrected chi connectivity index (χ2v) is 40.2. The standard InChI is InChI=1S/C115H105BN6/c1-110(2,3)77-44-53-99-91(62-77)92-63-78(111(4,5)6)45-54-100(92)119(99)84-49-52-96-106(67-84)121(103-66-83(48-41-75(103)70-117)118-97-39-29-27-37-88(97)89-38-28-30-40-98(89)118)107-68-85(120-101-55-46-79(112(7,8)9)64-93(101)94-65-80(113(10,11)12)47-56-102(94)120)69-108-109(107)116(96)95-51-43-74(76-57-81(114(13,14)15)61-82(58-76)115(16,17)18)60-105(95)122(108)104-59-73(71-31-21-19-22-32-71)42-50-90(104)87-36-26-25-35-86(87)72-33-23-20-24-34-72/h19-69H,1-18H3/i20D,23D,24D,33D,34D. The van der Waals surface area contributed by atoms with Gasteiger partial charge < -0.3 is 23.5 Å². The normalized spacial score (nSPS) is 13.8. The number of nitriles is 1. The number of hydrogen-bond acceptors (Lipinski definition) is 3. The third kappa shape index (κ3) is 12.8. The number of benzene rings is 15. The predicted molar refractivity (Wildman–Crippen MR) is 522 cm³/mol. The minimum atomic E-state index is -0.487. The van der Waals surface area contributed by atoms with Crippen molar-refractivity contribution in [2.24, 2.45) is 0 Å². The van der Waals surface area contributed by atoms with E-state index in [1.807, 2.05) is 30.3 Å². The summed E-state index contributed by atoms with van der Waals surface area (Å²) in [7, 11) is 0. The molecule has 0 atom stereocenters. The Kier molecular flexibility index (Phi) is 16.4. The molecule has 598 valence electrons. The first-order chi connectivity index (χ1) is 60.3. The van der Waals surface area contributed by atoms with Gasteiger partial charge in [-0.25, -0.2) is 0 Å². The first kappa shape index (κ1) is 71.7. The fourth-order valence-corrected chi connectivity index (χ4v) is 19.3. The van der Waals surface area contributed by atoms with Crippen molar-refractivity contribution in [2.45, 2.75) is 157 Å². The van der Waals surface area contributed by atoms with E-state index in [9.17, 15) is 10.7 Å². The maximum absolute atomic E-state index is 12.4. The highest BCUT2D eigenvalue weighted by Gasteiger charge is 2.46. The monoisotopic (exact) mass is 1590 g/mol. The van der Waals surface area contributed by atoms with E-state index in [4.69, 9.17) is 1.37 Å². The van der Waals surface area contributed by atoms with Crippen LogP contribution in [0.4, 0.5) is 34.1 Å². The van der Waals surface area contributed by atoms with Crippen LogP contribution in [-0.2, 0) is 32.5 Å². The van der Waals surface area contributed by atoms with E-state index in [-0.39, 0.29) is 50.1 Å². The molecule has 0 aliphatic carbocycles. The summed E-state index contributed by atoms with van der Waals surface area (Å²) in [5.41, 5.74) is 30.0. The van der Waals surface area contributed by atoms with E-state index >= 15 is 0 Å². The van der Waals surface area contributed by atoms with E-state index in [1.165, 1.54) is 44.2 Å². The van der Waals surface area contributed by atoms with Crippen molar-refractivity contribution in [3.05, 3.63) is 348 Å². The van der Waals surface area contributed by atoms with Crippen LogP contribution in [0, 0.1) is 11.3 Å². The average Bonchev–Trinajstić information content (AvgIpc) is 1.42. The number of fused-ring (bicyclic) bond motifs is 13. The van der Waals surface area contributed by atoms with Gasteiger partial charge in [-0.05, 0) is 236 Å². The second kappa shape index (κ2) is 28.0. The van der Waals surface area contributed by atoms with E-state index in [0.717, 1.165) is 144 Å². The summed E-state index contributed by atoms with van der Waals surface area (Å²) in [6.07, 6.45) is 0. The zero-order valence-electron chi connectivity index (χ0n) is 78.3. The smallest absolute Gasteiger partial charge is 0.252 e. The molecule has 3 aromatic heterocycles. The minimum absolute atomic E-state index is 0.109. The molecule has 15 aromatic carbocycles. The largest absolute Gasteiger partial charge is 0.311 e. The number of hydrogen-bond donors (Lipinski definition) is 0. The third-order valence-corrected chi connectivity index (χ3v) is 26.1. The van der Waals surface area contributed by atoms with Crippen molar-refractivity contribution in [1.82, 2.24) is 13.7 Å². The van der Waals surface area contributed by atoms with Crippen LogP contribution in [0.1, 0.15) is 170 Å². The van der Waals surface area contributed by atoms with Crippen molar-refractivity contribution >= 4 is 123 Å². The number of aromatic nitrogens is 3. The van der Waals surface area contributed by atoms with Crippen LogP contribution in [0.2, 0.25) is 0 Å². The van der Waals surface area contributed by atoms with Crippen molar-refractivity contribution in [2.75, 3.05) is 9.80 Å². The summed E-state index contributed by atoms with van der Waals surface area (Å²) < 4.78 is 54.3. The zero-order chi connectivity index (χ0) is 89.1. The highest BCUT2D eigenvalue weighted by molar-refractivity contribution is 7.00. The number of para-hydroxylation sites is 2. The first-order valence-corrected chi connectivity index (χ1v) is 43.1. The van der Waals surface area contributed by atoms with Gasteiger partial charge in [0.2, 0.25) is 0 Å². The molecule has 0 saturated carbocycles. The van der Waals surface area contributed by atoms with Gasteiger partial charge in [-0.3, -0.25) is 0 Å². The topological polar surface area (TPSA) is 45.1 Å². The molecule has 20 rings (SSSR count). The Hall–Kier alpha value is -13.1. The quantitative estimate of drug-likeness (QED) is 0.135. The molecule has 0 amide bonds. The van der Waals surface area contributed by atoms with Gasteiger partial charge in [0.25, 0.3) is 6.71 Å². The SMILES string of the molecule is [2H]c1c([2H])c([2H])c(-c2ccccc2-c2ccc(-c3ccccc3)cc2N2c3cc(-c4cc(C(C)(C)C)cc(C(C)(C)C)c4)ccc3B3c4ccc(-n5c6ccc(C(C)(C)C)cc6c6cc(C(C)(C)C)ccc65)cc4N(c4cc(-n5c6ccccc6c6ccccc65)ccc4C#N)c4cc(-n5c6ccc(C(C)(C)C)cc6c6cc(C(C)(C)C)ccc65)cc2c43)c([2H])c1[2H]. The van der Waals surface area contributed by atoms with E-state index in [1.54, 1.807) is 0 Å². The lowest BCUT2D eigenvalue weighted by molar-refractivity contribution is 0.569. The molecule has 0 radical (unpaired) electrons. The van der Waals surface area contributed by atoms with Crippen LogP contribution in [0.5, 0.6) is 0 Å². The lowest BCUT2D eigenvalue weighted by Crippen LogP contribution is -2.61. The molecule has 0 fully saturated rings. The average molecular weight is 1590 g/mol. The van der Waals surface area contributed by atoms with Gasteiger partial charge in [-0.15, -0.1) is 0 Å². The van der Waals surface area contributed by atoms with E-state index < -0.39 is 24.8 Å². The molecule has 0 saturated heterocycles. The summed E-state index contributed by atoms with van der Waals surface area (Å²) in [6, 6.07) is 104. The zero-order valence-corrected chi connectivity index (χ0v) is 73.3. The van der Waals surface area contributed by atoms with Gasteiger partial charge in [-0.2, -0.15) is 5.26 Å². The van der Waals surface area contributed by atoms with Gasteiger partial charge in [0.1, 0.15) is 6.07 Å². The van der Waals surface area contributed by atoms with Crippen molar-refractivity contribution in [1.29, 1.82) is 5.26 Å². The molecule has 18 aromatic rings. The maximum Gasteiger partial charge on any atom is 0.252 e. The van der Waals surface area contributed by atoms with Gasteiger partial charge in [-0.1, -0.05) is 319 Å². The molecule has 5 heterocycles. The highest BCUT2D eigenvalue weighted by atomic mass is 15.2. The summed E-state index contributed by atoms with van der Waals surface area (Å²) in [5.74, 6) is 0. The van der Waals surface area contributed by atoms with Crippen LogP contribution in [0.3, 0.4) is 0 Å². The molecule has 6 nitrogen and oxygen atoms in total. The molecule has 2 aliphatic rings. The summed E-state index contributed by atoms with van der Waals surface area (Å²) >= 11 is 0. The molecule has 7 heteroatoms. The van der Waals surface area contributed by atoms with E-state index in [2.05, 4.69) is 403 Å². The van der Waals surface area contributed by atoms with Gasteiger partial charge in [0.15, 0.2) is 0 Å². The summed E-state index contributed by atoms with van der Waals surface area (Å²) in [6.45, 7) is 40.9. The van der Waals surface area contributed by atoms with Gasteiger partial charge in [0.05, 0.1) is 62.6 Å². The van der Waals surface area contributed by atoms with Gasteiger partial charge >= 0.3 is 0 Å². The Bertz CT molecular complexity index is 7480. The predicted octanol–water partition coefficient (Wildman–Crippen LogP) is 29.4. The van der Waals surface area contributed by atoms with Crippen LogP contribution in [0.15, 0.2) is 309 Å². The maximum atomic E-state index is 12.4. The lowest BCUT2D eigenvalue weighted by atomic mass is 9.33. The highest BCUT2D eigenvalue weighted by Crippen LogP contribution is 2.54. The minimum Gasteiger partial charge on any atom is -0.311 e. The summed E-state index contributed by atoms with van der Waals surface area (Å²) in [5, 5.41) is 19.3. The Morgan fingerprint density at radius 3 is 1.14 bits per heavy atom. The Labute approximate surface area is 726 Å². The molecule has 122 heavy (non-hydrogen) atoms. The number of rotatable bonds is 9. The van der Waals surface area contributed by atoms with Crippen molar-refractivity contribution in [3.63, 3.8) is 0 Å². The molecule has 0 N–H and O–H groups in total. The second-order valence-electron chi connectivity index (χ2n) is 40.2. The van der Waals surface area contributed by atoms with Gasteiger partial charge in [0, 0.05) is 72.0 Å². The number of anilines is 6. The third-order valence-electron chi connectivity index (χ3n) is 26.1. The molecule has 0 spiro atoms.